The highest BCUT2D eigenvalue weighted by Crippen LogP contribution is 2.34. The van der Waals surface area contributed by atoms with Crippen LogP contribution in [0.5, 0.6) is 11.5 Å². The first kappa shape index (κ1) is 19.0. The molecule has 0 spiro atoms. The van der Waals surface area contributed by atoms with Crippen molar-refractivity contribution in [2.75, 3.05) is 14.2 Å². The van der Waals surface area contributed by atoms with Gasteiger partial charge in [-0.05, 0) is 56.2 Å². The molecule has 0 fully saturated rings. The van der Waals surface area contributed by atoms with E-state index in [0.717, 1.165) is 17.7 Å². The summed E-state index contributed by atoms with van der Waals surface area (Å²) in [6.07, 6.45) is 1.62. The zero-order valence-electron chi connectivity index (χ0n) is 16.6. The smallest absolute Gasteiger partial charge is 0.274 e. The standard InChI is InChI=1S/C22H26N2O3/c1-6-15-7-9-16(10-8-15)21(25)24-22(2,3)14-18(23-24)17-11-12-19(26-4)20(13-17)27-5/h7-13H,6,14H2,1-5H3. The molecule has 1 heterocycles. The molecule has 0 bridgehead atoms. The molecule has 0 unspecified atom stereocenters. The first-order valence-corrected chi connectivity index (χ1v) is 9.13. The van der Waals surface area contributed by atoms with Gasteiger partial charge in [-0.15, -0.1) is 0 Å². The van der Waals surface area contributed by atoms with Crippen molar-refractivity contribution in [3.05, 3.63) is 59.2 Å². The number of amides is 1. The number of hydrazone groups is 1. The van der Waals surface area contributed by atoms with Crippen LogP contribution in [0.1, 0.15) is 48.7 Å². The average molecular weight is 366 g/mol. The molecule has 5 nitrogen and oxygen atoms in total. The predicted octanol–water partition coefficient (Wildman–Crippen LogP) is 4.30. The molecule has 0 saturated carbocycles. The van der Waals surface area contributed by atoms with E-state index < -0.39 is 5.54 Å². The average Bonchev–Trinajstić information content (AvgIpc) is 3.02. The third kappa shape index (κ3) is 3.68. The fourth-order valence-corrected chi connectivity index (χ4v) is 3.28. The molecule has 0 aliphatic carbocycles. The second kappa shape index (κ2) is 7.43. The molecule has 1 amide bonds. The Hall–Kier alpha value is -2.82. The lowest BCUT2D eigenvalue weighted by Crippen LogP contribution is -2.40. The van der Waals surface area contributed by atoms with E-state index in [0.29, 0.717) is 23.5 Å². The summed E-state index contributed by atoms with van der Waals surface area (Å²) in [6, 6.07) is 13.4. The Morgan fingerprint density at radius 1 is 1.07 bits per heavy atom. The van der Waals surface area contributed by atoms with E-state index in [1.54, 1.807) is 19.2 Å². The Labute approximate surface area is 160 Å². The summed E-state index contributed by atoms with van der Waals surface area (Å²) in [5.74, 6) is 1.23. The topological polar surface area (TPSA) is 51.1 Å². The van der Waals surface area contributed by atoms with Gasteiger partial charge in [0.15, 0.2) is 11.5 Å². The molecular formula is C22H26N2O3. The number of aryl methyl sites for hydroxylation is 1. The molecule has 3 rings (SSSR count). The maximum atomic E-state index is 13.0. The van der Waals surface area contributed by atoms with Crippen molar-refractivity contribution in [2.45, 2.75) is 39.2 Å². The zero-order valence-corrected chi connectivity index (χ0v) is 16.6. The highest BCUT2D eigenvalue weighted by Gasteiger charge is 2.39. The summed E-state index contributed by atoms with van der Waals surface area (Å²) in [7, 11) is 3.22. The van der Waals surface area contributed by atoms with E-state index in [-0.39, 0.29) is 5.91 Å². The van der Waals surface area contributed by atoms with E-state index >= 15 is 0 Å². The lowest BCUT2D eigenvalue weighted by molar-refractivity contribution is 0.0612. The molecule has 0 aromatic heterocycles. The number of carbonyl (C=O) groups is 1. The van der Waals surface area contributed by atoms with Crippen LogP contribution in [0.25, 0.3) is 0 Å². The number of rotatable bonds is 5. The fraction of sp³-hybridized carbons (Fsp3) is 0.364. The minimum Gasteiger partial charge on any atom is -0.493 e. The predicted molar refractivity (Wildman–Crippen MR) is 107 cm³/mol. The summed E-state index contributed by atoms with van der Waals surface area (Å²) in [5, 5.41) is 6.26. The Bertz CT molecular complexity index is 870. The van der Waals surface area contributed by atoms with Crippen LogP contribution in [-0.4, -0.2) is 36.4 Å². The summed E-state index contributed by atoms with van der Waals surface area (Å²) < 4.78 is 10.7. The molecule has 1 aliphatic heterocycles. The van der Waals surface area contributed by atoms with Crippen LogP contribution in [-0.2, 0) is 6.42 Å². The van der Waals surface area contributed by atoms with Crippen molar-refractivity contribution < 1.29 is 14.3 Å². The molecule has 5 heteroatoms. The number of methoxy groups -OCH3 is 2. The van der Waals surface area contributed by atoms with Crippen LogP contribution in [0.15, 0.2) is 47.6 Å². The van der Waals surface area contributed by atoms with Crippen molar-refractivity contribution >= 4 is 11.6 Å². The second-order valence-electron chi connectivity index (χ2n) is 7.27. The zero-order chi connectivity index (χ0) is 19.6. The second-order valence-corrected chi connectivity index (χ2v) is 7.27. The maximum Gasteiger partial charge on any atom is 0.274 e. The lowest BCUT2D eigenvalue weighted by atomic mass is 9.94. The van der Waals surface area contributed by atoms with Crippen molar-refractivity contribution in [2.24, 2.45) is 5.10 Å². The monoisotopic (exact) mass is 366 g/mol. The SMILES string of the molecule is CCc1ccc(C(=O)N2N=C(c3ccc(OC)c(OC)c3)CC2(C)C)cc1. The Morgan fingerprint density at radius 3 is 2.33 bits per heavy atom. The highest BCUT2D eigenvalue weighted by atomic mass is 16.5. The van der Waals surface area contributed by atoms with Crippen LogP contribution < -0.4 is 9.47 Å². The van der Waals surface area contributed by atoms with Gasteiger partial charge in [0, 0.05) is 17.5 Å². The lowest BCUT2D eigenvalue weighted by Gasteiger charge is -2.28. The fourth-order valence-electron chi connectivity index (χ4n) is 3.28. The first-order chi connectivity index (χ1) is 12.9. The highest BCUT2D eigenvalue weighted by molar-refractivity contribution is 6.05. The number of ether oxygens (including phenoxy) is 2. The normalized spacial score (nSPS) is 15.4. The van der Waals surface area contributed by atoms with E-state index in [4.69, 9.17) is 9.47 Å². The maximum absolute atomic E-state index is 13.0. The Kier molecular flexibility index (Phi) is 5.22. The van der Waals surface area contributed by atoms with Crippen molar-refractivity contribution in [1.82, 2.24) is 5.01 Å². The third-order valence-electron chi connectivity index (χ3n) is 4.91. The molecule has 2 aromatic carbocycles. The van der Waals surface area contributed by atoms with Crippen LogP contribution in [0.3, 0.4) is 0 Å². The first-order valence-electron chi connectivity index (χ1n) is 9.13. The molecule has 142 valence electrons. The van der Waals surface area contributed by atoms with E-state index in [9.17, 15) is 4.79 Å². The van der Waals surface area contributed by atoms with Gasteiger partial charge in [0.1, 0.15) is 0 Å². The van der Waals surface area contributed by atoms with Gasteiger partial charge in [-0.3, -0.25) is 4.79 Å². The van der Waals surface area contributed by atoms with Crippen molar-refractivity contribution in [1.29, 1.82) is 0 Å². The van der Waals surface area contributed by atoms with Gasteiger partial charge >= 0.3 is 0 Å². The molecule has 0 atom stereocenters. The molecule has 1 aliphatic rings. The van der Waals surface area contributed by atoms with Gasteiger partial charge in [-0.25, -0.2) is 5.01 Å². The summed E-state index contributed by atoms with van der Waals surface area (Å²) in [6.45, 7) is 6.16. The molecule has 27 heavy (non-hydrogen) atoms. The van der Waals surface area contributed by atoms with Crippen molar-refractivity contribution in [3.8, 4) is 11.5 Å². The van der Waals surface area contributed by atoms with Crippen LogP contribution in [0, 0.1) is 0 Å². The quantitative estimate of drug-likeness (QED) is 0.793. The van der Waals surface area contributed by atoms with E-state index in [1.807, 2.05) is 56.3 Å². The van der Waals surface area contributed by atoms with Crippen LogP contribution in [0.4, 0.5) is 0 Å². The number of hydrogen-bond donors (Lipinski definition) is 0. The van der Waals surface area contributed by atoms with Gasteiger partial charge in [0.25, 0.3) is 5.91 Å². The van der Waals surface area contributed by atoms with E-state index in [1.165, 1.54) is 5.56 Å². The molecular weight excluding hydrogens is 340 g/mol. The van der Waals surface area contributed by atoms with Gasteiger partial charge in [0.2, 0.25) is 0 Å². The van der Waals surface area contributed by atoms with E-state index in [2.05, 4.69) is 12.0 Å². The third-order valence-corrected chi connectivity index (χ3v) is 4.91. The summed E-state index contributed by atoms with van der Waals surface area (Å²) in [4.78, 5) is 13.0. The molecule has 0 radical (unpaired) electrons. The van der Waals surface area contributed by atoms with Crippen LogP contribution in [0.2, 0.25) is 0 Å². The molecule has 0 saturated heterocycles. The number of carbonyl (C=O) groups excluding carboxylic acids is 1. The van der Waals surface area contributed by atoms with Crippen molar-refractivity contribution in [3.63, 3.8) is 0 Å². The summed E-state index contributed by atoms with van der Waals surface area (Å²) >= 11 is 0. The largest absolute Gasteiger partial charge is 0.493 e. The molecule has 0 N–H and O–H groups in total. The van der Waals surface area contributed by atoms with Crippen LogP contribution >= 0.6 is 0 Å². The van der Waals surface area contributed by atoms with Gasteiger partial charge in [-0.1, -0.05) is 19.1 Å². The van der Waals surface area contributed by atoms with Gasteiger partial charge in [-0.2, -0.15) is 5.10 Å². The Morgan fingerprint density at radius 2 is 1.74 bits per heavy atom. The number of hydrogen-bond acceptors (Lipinski definition) is 4. The number of nitrogens with zero attached hydrogens (tertiary/aromatic N) is 2. The minimum absolute atomic E-state index is 0.0851. The van der Waals surface area contributed by atoms with Gasteiger partial charge in [0.05, 0.1) is 25.5 Å². The molecule has 2 aromatic rings. The minimum atomic E-state index is -0.400. The number of benzene rings is 2. The van der Waals surface area contributed by atoms with Gasteiger partial charge < -0.3 is 9.47 Å². The Balaban J connectivity index is 1.92. The summed E-state index contributed by atoms with van der Waals surface area (Å²) in [5.41, 5.74) is 3.25.